The van der Waals surface area contributed by atoms with Crippen LogP contribution in [0.4, 0.5) is 13.2 Å². The predicted octanol–water partition coefficient (Wildman–Crippen LogP) is 17.4. The van der Waals surface area contributed by atoms with Gasteiger partial charge in [-0.1, -0.05) is 140 Å². The average Bonchev–Trinajstić information content (AvgIpc) is 3.27. The molecular formula is C61H77F3IrN2O2-2. The van der Waals surface area contributed by atoms with E-state index in [0.29, 0.717) is 24.7 Å². The molecule has 1 N–H and O–H groups in total. The maximum atomic E-state index is 12.3. The Morgan fingerprint density at radius 3 is 1.39 bits per heavy atom. The van der Waals surface area contributed by atoms with Crippen LogP contribution < -0.4 is 0 Å². The van der Waals surface area contributed by atoms with Gasteiger partial charge in [0.25, 0.3) is 0 Å². The summed E-state index contributed by atoms with van der Waals surface area (Å²) in [6.45, 7) is 31.2. The van der Waals surface area contributed by atoms with E-state index in [1.807, 2.05) is 27.7 Å². The second-order valence-corrected chi connectivity index (χ2v) is 21.2. The Morgan fingerprint density at radius 2 is 1.06 bits per heavy atom. The number of fused-ring (bicyclic) bond motifs is 2. The number of ketones is 1. The number of carbonyl (C=O) groups excluding carboxylic acids is 1. The first-order valence-corrected chi connectivity index (χ1v) is 24.3. The molecule has 6 rings (SSSR count). The Morgan fingerprint density at radius 1 is 0.667 bits per heavy atom. The molecule has 0 fully saturated rings. The van der Waals surface area contributed by atoms with Gasteiger partial charge in [0.05, 0.1) is 17.7 Å². The van der Waals surface area contributed by atoms with Crippen molar-refractivity contribution in [2.24, 2.45) is 23.7 Å². The largest absolute Gasteiger partial charge is 0.512 e. The molecular weight excluding hydrogens is 1040 g/mol. The molecule has 6 aromatic rings. The smallest absolute Gasteiger partial charge is 0.389 e. The molecule has 2 heterocycles. The van der Waals surface area contributed by atoms with Crippen molar-refractivity contribution in [3.63, 3.8) is 0 Å². The van der Waals surface area contributed by atoms with Gasteiger partial charge in [-0.2, -0.15) is 13.2 Å². The first-order chi connectivity index (χ1) is 33.4. The fourth-order valence-corrected chi connectivity index (χ4v) is 8.18. The van der Waals surface area contributed by atoms with Crippen LogP contribution in [0.15, 0.2) is 96.9 Å². The van der Waals surface area contributed by atoms with E-state index in [9.17, 15) is 23.1 Å². The second kappa shape index (κ2) is 25.5. The third-order valence-electron chi connectivity index (χ3n) is 12.0. The van der Waals surface area contributed by atoms with Gasteiger partial charge in [0.1, 0.15) is 0 Å². The molecule has 0 aliphatic heterocycles. The van der Waals surface area contributed by atoms with Crippen LogP contribution in [-0.4, -0.2) is 27.0 Å². The number of aryl methyl sites for hydroxylation is 2. The zero-order valence-electron chi connectivity index (χ0n) is 47.6. The zero-order chi connectivity index (χ0) is 54.2. The normalized spacial score (nSPS) is 13.5. The van der Waals surface area contributed by atoms with Crippen LogP contribution in [0.2, 0.25) is 0 Å². The Hall–Kier alpha value is -4.65. The number of carbonyl (C=O) groups is 1. The molecule has 4 aromatic carbocycles. The number of pyridine rings is 2. The molecule has 0 saturated carbocycles. The Labute approximate surface area is 432 Å². The Balaban J connectivity index is 0.000000294. The van der Waals surface area contributed by atoms with Gasteiger partial charge >= 0.3 is 6.18 Å². The number of hydrogen-bond acceptors (Lipinski definition) is 4. The van der Waals surface area contributed by atoms with Crippen molar-refractivity contribution < 1.29 is 48.7 Å². The molecule has 0 spiro atoms. The van der Waals surface area contributed by atoms with Crippen molar-refractivity contribution in [3.8, 4) is 22.5 Å². The van der Waals surface area contributed by atoms with Crippen molar-refractivity contribution in [3.05, 3.63) is 142 Å². The summed E-state index contributed by atoms with van der Waals surface area (Å²) in [5, 5.41) is 13.1. The SMILES string of the molecule is CCC(CC)C(=O)/C=C(\O)C(CC)CC(F)(F)F.[2H]c1nc(-c2[c-]c(C)cc(C(C)(C)C)c2)c2ccc(CC(C)C)cc2c1[2H].[2H]c1nc(-c2[c-]c(C)cc(C(C)(C)C)c2)c2ccc(CC(C)C)cc2c1[2H].[Ir]. The molecule has 0 aliphatic rings. The van der Waals surface area contributed by atoms with E-state index in [4.69, 9.17) is 5.48 Å². The number of aromatic nitrogens is 2. The number of hydrogen-bond donors (Lipinski definition) is 1. The Kier molecular flexibility index (Phi) is 19.3. The summed E-state index contributed by atoms with van der Waals surface area (Å²) in [4.78, 5) is 20.6. The van der Waals surface area contributed by atoms with Crippen molar-refractivity contribution in [2.75, 3.05) is 0 Å². The van der Waals surface area contributed by atoms with Crippen molar-refractivity contribution >= 4 is 27.3 Å². The number of alkyl halides is 3. The van der Waals surface area contributed by atoms with E-state index in [1.54, 1.807) is 6.92 Å². The van der Waals surface area contributed by atoms with Gasteiger partial charge in [-0.3, -0.25) is 4.79 Å². The number of rotatable bonds is 13. The standard InChI is InChI=1S/2C24H28N.C13H21F3O2.Ir/c2*1-16(2)11-18-7-8-22-19(14-18)9-10-25-23(22)20-12-17(3)13-21(15-20)24(4,5)6;1-4-9(5-2)11(17)7-12(18)10(6-3)8-13(14,15)16;/h2*7-10,13-16H,11H2,1-6H3;7,9-10,18H,4-6,8H2,1-3H3;/q2*-1;;/b;;12-7-;/i2*9D,10D;;. The van der Waals surface area contributed by atoms with Crippen LogP contribution in [0, 0.1) is 49.7 Å². The molecule has 1 radical (unpaired) electrons. The number of aliphatic hydroxyl groups is 1. The molecule has 0 aliphatic carbocycles. The number of benzene rings is 4. The van der Waals surface area contributed by atoms with Crippen LogP contribution in [0.5, 0.6) is 0 Å². The van der Waals surface area contributed by atoms with E-state index >= 15 is 0 Å². The number of allylic oxidation sites excluding steroid dienone is 2. The number of halogens is 3. The molecule has 2 aromatic heterocycles. The molecule has 1 atom stereocenters. The third kappa shape index (κ3) is 17.6. The van der Waals surface area contributed by atoms with E-state index < -0.39 is 24.3 Å². The van der Waals surface area contributed by atoms with Gasteiger partial charge in [-0.05, 0) is 111 Å². The fraction of sp³-hybridized carbons (Fsp3) is 0.459. The molecule has 69 heavy (non-hydrogen) atoms. The predicted molar refractivity (Wildman–Crippen MR) is 280 cm³/mol. The molecule has 375 valence electrons. The van der Waals surface area contributed by atoms with Crippen LogP contribution in [0.25, 0.3) is 44.1 Å². The van der Waals surface area contributed by atoms with E-state index in [0.717, 1.165) is 74.1 Å². The van der Waals surface area contributed by atoms with Crippen LogP contribution in [-0.2, 0) is 48.6 Å². The maximum Gasteiger partial charge on any atom is 0.389 e. The minimum Gasteiger partial charge on any atom is -0.512 e. The molecule has 4 nitrogen and oxygen atoms in total. The summed E-state index contributed by atoms with van der Waals surface area (Å²) in [6.07, 6.45) is -1.10. The summed E-state index contributed by atoms with van der Waals surface area (Å²) in [6, 6.07) is 28.3. The minimum atomic E-state index is -4.33. The van der Waals surface area contributed by atoms with E-state index in [1.165, 1.54) is 22.3 Å². The monoisotopic (exact) mass is 1120 g/mol. The maximum absolute atomic E-state index is 12.3. The van der Waals surface area contributed by atoms with Crippen LogP contribution in [0.1, 0.15) is 155 Å². The van der Waals surface area contributed by atoms with Crippen molar-refractivity contribution in [2.45, 2.75) is 159 Å². The third-order valence-corrected chi connectivity index (χ3v) is 12.0. The first kappa shape index (κ1) is 52.2. The van der Waals surface area contributed by atoms with Gasteiger partial charge < -0.3 is 15.1 Å². The number of nitrogens with zero attached hydrogens (tertiary/aromatic N) is 2. The van der Waals surface area contributed by atoms with Gasteiger partial charge in [0.2, 0.25) is 0 Å². The van der Waals surface area contributed by atoms with Gasteiger partial charge in [0.15, 0.2) is 5.78 Å². The molecule has 8 heteroatoms. The molecule has 0 bridgehead atoms. The summed E-state index contributed by atoms with van der Waals surface area (Å²) >= 11 is 0. The minimum absolute atomic E-state index is 0. The quantitative estimate of drug-likeness (QED) is 0.0711. The summed E-state index contributed by atoms with van der Waals surface area (Å²) in [5.74, 6) is -0.899. The van der Waals surface area contributed by atoms with Gasteiger partial charge in [-0.25, -0.2) is 0 Å². The van der Waals surface area contributed by atoms with E-state index in [-0.39, 0.29) is 73.5 Å². The summed E-state index contributed by atoms with van der Waals surface area (Å²) in [5.41, 5.74) is 10.3. The van der Waals surface area contributed by atoms with E-state index in [2.05, 4.69) is 152 Å². The fourth-order valence-electron chi connectivity index (χ4n) is 8.18. The first-order valence-electron chi connectivity index (χ1n) is 26.3. The Bertz CT molecular complexity index is 2710. The molecule has 0 amide bonds. The van der Waals surface area contributed by atoms with Gasteiger partial charge in [-0.15, -0.1) is 69.8 Å². The zero-order valence-corrected chi connectivity index (χ0v) is 46.0. The van der Waals surface area contributed by atoms with Crippen molar-refractivity contribution in [1.82, 2.24) is 9.97 Å². The average molecular weight is 1120 g/mol. The summed E-state index contributed by atoms with van der Waals surface area (Å²) in [7, 11) is 0. The number of aliphatic hydroxyl groups excluding tert-OH is 1. The van der Waals surface area contributed by atoms with Crippen LogP contribution in [0.3, 0.4) is 0 Å². The molecule has 1 unspecified atom stereocenters. The molecule has 0 saturated heterocycles. The second-order valence-electron chi connectivity index (χ2n) is 21.2. The topological polar surface area (TPSA) is 63.1 Å². The van der Waals surface area contributed by atoms with Crippen molar-refractivity contribution in [1.29, 1.82) is 0 Å². The summed E-state index contributed by atoms with van der Waals surface area (Å²) < 4.78 is 69.9. The van der Waals surface area contributed by atoms with Crippen LogP contribution >= 0.6 is 0 Å². The van der Waals surface area contributed by atoms with Gasteiger partial charge in [0, 0.05) is 50.4 Å².